The van der Waals surface area contributed by atoms with Gasteiger partial charge in [0.05, 0.1) is 0 Å². The summed E-state index contributed by atoms with van der Waals surface area (Å²) < 4.78 is 0. The molecular weight excluding hydrogens is 355 g/mol. The largest absolute Gasteiger partial charge is 0.508 e. The molecule has 0 unspecified atom stereocenters. The second-order valence-corrected chi connectivity index (χ2v) is 9.72. The molecule has 4 heteroatoms. The molecule has 0 atom stereocenters. The van der Waals surface area contributed by atoms with Crippen LogP contribution >= 0.6 is 23.2 Å². The van der Waals surface area contributed by atoms with Crippen LogP contribution in [0.15, 0.2) is 24.3 Å². The van der Waals surface area contributed by atoms with Gasteiger partial charge >= 0.3 is 0 Å². The van der Waals surface area contributed by atoms with Crippen LogP contribution in [-0.4, -0.2) is 10.2 Å². The quantitative estimate of drug-likeness (QED) is 0.586. The van der Waals surface area contributed by atoms with Crippen LogP contribution < -0.4 is 0 Å². The van der Waals surface area contributed by atoms with Crippen molar-refractivity contribution in [1.29, 1.82) is 0 Å². The van der Waals surface area contributed by atoms with E-state index in [-0.39, 0.29) is 27.7 Å². The fraction of sp³-hybridized carbons (Fsp3) is 0.429. The fourth-order valence-electron chi connectivity index (χ4n) is 5.47. The lowest BCUT2D eigenvalue weighted by atomic mass is 9.72. The van der Waals surface area contributed by atoms with Crippen molar-refractivity contribution in [3.05, 3.63) is 56.6 Å². The average Bonchev–Trinajstić information content (AvgIpc) is 2.77. The Morgan fingerprint density at radius 2 is 1.08 bits per heavy atom. The molecule has 0 bridgehead atoms. The van der Waals surface area contributed by atoms with Gasteiger partial charge in [0, 0.05) is 15.5 Å². The van der Waals surface area contributed by atoms with Gasteiger partial charge in [0.2, 0.25) is 0 Å². The maximum Gasteiger partial charge on any atom is 0.117 e. The first kappa shape index (κ1) is 17.1. The van der Waals surface area contributed by atoms with E-state index in [1.165, 1.54) is 0 Å². The predicted octanol–water partition coefficient (Wildman–Crippen LogP) is 6.05. The Labute approximate surface area is 158 Å². The molecule has 0 amide bonds. The zero-order valence-electron chi connectivity index (χ0n) is 14.9. The number of hydrogen-bond acceptors (Lipinski definition) is 2. The molecule has 2 aliphatic rings. The molecule has 25 heavy (non-hydrogen) atoms. The monoisotopic (exact) mass is 376 g/mol. The van der Waals surface area contributed by atoms with Gasteiger partial charge in [-0.05, 0) is 70.2 Å². The van der Waals surface area contributed by atoms with Gasteiger partial charge in [-0.3, -0.25) is 0 Å². The summed E-state index contributed by atoms with van der Waals surface area (Å²) in [6.07, 6.45) is 1.75. The molecule has 2 aromatic carbocycles. The SMILES string of the molecule is CC1(C)CC2(CC(C)(C)c3cc(O)cc(Cl)c32)c2c(Cl)cc(O)cc21. The minimum atomic E-state index is -0.298. The zero-order valence-corrected chi connectivity index (χ0v) is 16.4. The Hall–Kier alpha value is -1.38. The highest BCUT2D eigenvalue weighted by Gasteiger charge is 2.58. The second kappa shape index (κ2) is 4.86. The van der Waals surface area contributed by atoms with E-state index in [4.69, 9.17) is 23.2 Å². The van der Waals surface area contributed by atoms with Gasteiger partial charge in [-0.2, -0.15) is 0 Å². The smallest absolute Gasteiger partial charge is 0.117 e. The molecule has 0 radical (unpaired) electrons. The lowest BCUT2D eigenvalue weighted by Crippen LogP contribution is -2.27. The summed E-state index contributed by atoms with van der Waals surface area (Å²) in [7, 11) is 0. The molecule has 0 aromatic heterocycles. The van der Waals surface area contributed by atoms with Crippen LogP contribution in [0.3, 0.4) is 0 Å². The molecule has 0 aliphatic heterocycles. The van der Waals surface area contributed by atoms with E-state index in [0.29, 0.717) is 10.0 Å². The summed E-state index contributed by atoms with van der Waals surface area (Å²) in [5.74, 6) is 0.395. The highest BCUT2D eigenvalue weighted by atomic mass is 35.5. The summed E-state index contributed by atoms with van der Waals surface area (Å²) in [4.78, 5) is 0. The molecular formula is C21H22Cl2O2. The number of halogens is 2. The van der Waals surface area contributed by atoms with E-state index >= 15 is 0 Å². The van der Waals surface area contributed by atoms with Crippen molar-refractivity contribution in [2.45, 2.75) is 56.8 Å². The van der Waals surface area contributed by atoms with E-state index in [1.54, 1.807) is 12.1 Å². The van der Waals surface area contributed by atoms with Crippen LogP contribution in [0.4, 0.5) is 0 Å². The molecule has 0 saturated heterocycles. The molecule has 0 heterocycles. The van der Waals surface area contributed by atoms with E-state index in [0.717, 1.165) is 35.1 Å². The van der Waals surface area contributed by atoms with Crippen molar-refractivity contribution >= 4 is 23.2 Å². The van der Waals surface area contributed by atoms with E-state index in [2.05, 4.69) is 27.7 Å². The minimum absolute atomic E-state index is 0.128. The van der Waals surface area contributed by atoms with Gasteiger partial charge in [0.1, 0.15) is 11.5 Å². The lowest BCUT2D eigenvalue weighted by molar-refractivity contribution is 0.349. The van der Waals surface area contributed by atoms with Gasteiger partial charge in [0.25, 0.3) is 0 Å². The average molecular weight is 377 g/mol. The maximum absolute atomic E-state index is 10.1. The maximum atomic E-state index is 10.1. The summed E-state index contributed by atoms with van der Waals surface area (Å²) in [6.45, 7) is 8.76. The Kier molecular flexibility index (Phi) is 3.32. The minimum Gasteiger partial charge on any atom is -0.508 e. The number of aromatic hydroxyl groups is 2. The molecule has 1 spiro atoms. The second-order valence-electron chi connectivity index (χ2n) is 8.90. The molecule has 2 N–H and O–H groups in total. The first-order chi connectivity index (χ1) is 11.5. The molecule has 2 aliphatic carbocycles. The van der Waals surface area contributed by atoms with Crippen molar-refractivity contribution in [1.82, 2.24) is 0 Å². The number of phenols is 2. The van der Waals surface area contributed by atoms with Crippen LogP contribution in [-0.2, 0) is 16.2 Å². The van der Waals surface area contributed by atoms with Crippen molar-refractivity contribution < 1.29 is 10.2 Å². The highest BCUT2D eigenvalue weighted by molar-refractivity contribution is 6.33. The topological polar surface area (TPSA) is 40.5 Å². The molecule has 2 nitrogen and oxygen atoms in total. The van der Waals surface area contributed by atoms with E-state index in [1.807, 2.05) is 12.1 Å². The normalized spacial score (nSPS) is 21.4. The van der Waals surface area contributed by atoms with Gasteiger partial charge in [-0.1, -0.05) is 50.9 Å². The number of hydrogen-bond donors (Lipinski definition) is 2. The summed E-state index contributed by atoms with van der Waals surface area (Å²) in [5, 5.41) is 21.4. The number of fused-ring (bicyclic) bond motifs is 4. The van der Waals surface area contributed by atoms with E-state index in [9.17, 15) is 10.2 Å². The number of benzene rings is 2. The molecule has 132 valence electrons. The van der Waals surface area contributed by atoms with Crippen molar-refractivity contribution in [2.75, 3.05) is 0 Å². The van der Waals surface area contributed by atoms with Crippen LogP contribution in [0.2, 0.25) is 10.0 Å². The Morgan fingerprint density at radius 1 is 0.720 bits per heavy atom. The van der Waals surface area contributed by atoms with Crippen molar-refractivity contribution in [3.8, 4) is 11.5 Å². The summed E-state index contributed by atoms with van der Waals surface area (Å²) in [5.41, 5.74) is 3.78. The third kappa shape index (κ3) is 2.17. The van der Waals surface area contributed by atoms with Gasteiger partial charge < -0.3 is 10.2 Å². The predicted molar refractivity (Wildman–Crippen MR) is 102 cm³/mol. The van der Waals surface area contributed by atoms with Crippen LogP contribution in [0, 0.1) is 0 Å². The van der Waals surface area contributed by atoms with Crippen LogP contribution in [0.1, 0.15) is 62.8 Å². The first-order valence-electron chi connectivity index (χ1n) is 8.55. The standard InChI is InChI=1S/C21H22Cl2O2/c1-19(2)9-21(17-13(19)5-11(24)7-15(17)22)10-20(3,4)14-6-12(25)8-16(23)18(14)21/h5-8,24-25H,9-10H2,1-4H3. The van der Waals surface area contributed by atoms with Crippen LogP contribution in [0.25, 0.3) is 0 Å². The fourth-order valence-corrected chi connectivity index (χ4v) is 6.25. The zero-order chi connectivity index (χ0) is 18.4. The van der Waals surface area contributed by atoms with Gasteiger partial charge in [-0.15, -0.1) is 0 Å². The number of phenolic OH excluding ortho intramolecular Hbond substituents is 2. The Bertz CT molecular complexity index is 837. The molecule has 0 fully saturated rings. The Morgan fingerprint density at radius 3 is 1.44 bits per heavy atom. The van der Waals surface area contributed by atoms with Crippen LogP contribution in [0.5, 0.6) is 11.5 Å². The molecule has 4 rings (SSSR count). The third-order valence-electron chi connectivity index (χ3n) is 6.05. The van der Waals surface area contributed by atoms with Gasteiger partial charge in [0.15, 0.2) is 0 Å². The van der Waals surface area contributed by atoms with E-state index < -0.39 is 0 Å². The summed E-state index contributed by atoms with van der Waals surface area (Å²) >= 11 is 13.3. The van der Waals surface area contributed by atoms with Crippen molar-refractivity contribution in [3.63, 3.8) is 0 Å². The van der Waals surface area contributed by atoms with Gasteiger partial charge in [-0.25, -0.2) is 0 Å². The summed E-state index contributed by atoms with van der Waals surface area (Å²) in [6, 6.07) is 6.94. The molecule has 2 aromatic rings. The first-order valence-corrected chi connectivity index (χ1v) is 9.30. The Balaban J connectivity index is 2.11. The molecule has 0 saturated carbocycles. The van der Waals surface area contributed by atoms with Crippen molar-refractivity contribution in [2.24, 2.45) is 0 Å². The lowest BCUT2D eigenvalue weighted by Gasteiger charge is -2.31. The third-order valence-corrected chi connectivity index (χ3v) is 6.65. The number of rotatable bonds is 0. The highest BCUT2D eigenvalue weighted by Crippen LogP contribution is 2.65.